The lowest BCUT2D eigenvalue weighted by molar-refractivity contribution is 0.0702. The van der Waals surface area contributed by atoms with E-state index in [9.17, 15) is 4.79 Å². The van der Waals surface area contributed by atoms with Crippen LogP contribution in [-0.4, -0.2) is 22.5 Å². The highest BCUT2D eigenvalue weighted by Gasteiger charge is 2.10. The summed E-state index contributed by atoms with van der Waals surface area (Å²) in [6.45, 7) is 4.74. The van der Waals surface area contributed by atoms with Crippen molar-refractivity contribution in [2.45, 2.75) is 20.0 Å². The van der Waals surface area contributed by atoms with Crippen molar-refractivity contribution in [1.29, 1.82) is 0 Å². The van der Waals surface area contributed by atoms with E-state index in [1.54, 1.807) is 6.07 Å². The topological polar surface area (TPSA) is 40.5 Å². The van der Waals surface area contributed by atoms with Gasteiger partial charge in [-0.3, -0.25) is 4.90 Å². The van der Waals surface area contributed by atoms with Crippen molar-refractivity contribution in [2.24, 2.45) is 0 Å². The first-order valence-corrected chi connectivity index (χ1v) is 7.09. The van der Waals surface area contributed by atoms with Gasteiger partial charge in [0.1, 0.15) is 4.88 Å². The van der Waals surface area contributed by atoms with Gasteiger partial charge in [-0.25, -0.2) is 4.79 Å². The predicted molar refractivity (Wildman–Crippen MR) is 77.5 cm³/mol. The normalized spacial score (nSPS) is 10.8. The van der Waals surface area contributed by atoms with Crippen molar-refractivity contribution in [3.8, 4) is 0 Å². The van der Waals surface area contributed by atoms with Crippen LogP contribution in [0.2, 0.25) is 0 Å². The summed E-state index contributed by atoms with van der Waals surface area (Å²) < 4.78 is 0. The van der Waals surface area contributed by atoms with E-state index in [0.29, 0.717) is 4.88 Å². The number of benzene rings is 1. The van der Waals surface area contributed by atoms with Crippen LogP contribution in [0.15, 0.2) is 42.5 Å². The van der Waals surface area contributed by atoms with E-state index in [4.69, 9.17) is 5.11 Å². The van der Waals surface area contributed by atoms with Gasteiger partial charge in [0.25, 0.3) is 0 Å². The molecule has 0 aliphatic heterocycles. The van der Waals surface area contributed by atoms with Crippen LogP contribution in [0, 0.1) is 0 Å². The minimum Gasteiger partial charge on any atom is -0.477 e. The zero-order valence-corrected chi connectivity index (χ0v) is 11.7. The molecule has 1 N–H and O–H groups in total. The maximum atomic E-state index is 10.9. The van der Waals surface area contributed by atoms with Gasteiger partial charge >= 0.3 is 5.97 Å². The lowest BCUT2D eigenvalue weighted by Crippen LogP contribution is -2.21. The van der Waals surface area contributed by atoms with Gasteiger partial charge in [0.2, 0.25) is 0 Å². The first-order chi connectivity index (χ1) is 9.19. The first-order valence-electron chi connectivity index (χ1n) is 6.27. The van der Waals surface area contributed by atoms with Crippen molar-refractivity contribution >= 4 is 17.3 Å². The number of rotatable bonds is 6. The summed E-state index contributed by atoms with van der Waals surface area (Å²) in [5.74, 6) is -0.845. The molecule has 0 bridgehead atoms. The summed E-state index contributed by atoms with van der Waals surface area (Å²) in [7, 11) is 0. The summed E-state index contributed by atoms with van der Waals surface area (Å²) >= 11 is 1.35. The molecule has 19 heavy (non-hydrogen) atoms. The summed E-state index contributed by atoms with van der Waals surface area (Å²) in [5, 5.41) is 8.92. The molecule has 0 unspecified atom stereocenters. The van der Waals surface area contributed by atoms with Gasteiger partial charge in [0, 0.05) is 18.0 Å². The van der Waals surface area contributed by atoms with Gasteiger partial charge in [-0.05, 0) is 24.2 Å². The minimum absolute atomic E-state index is 0.408. The van der Waals surface area contributed by atoms with Crippen LogP contribution in [0.3, 0.4) is 0 Å². The number of carboxylic acid groups (broad SMARTS) is 1. The molecule has 0 fully saturated rings. The number of aromatic carboxylic acids is 1. The van der Waals surface area contributed by atoms with Gasteiger partial charge in [0.05, 0.1) is 0 Å². The van der Waals surface area contributed by atoms with E-state index in [0.717, 1.165) is 24.5 Å². The molecule has 1 aromatic heterocycles. The second-order valence-corrected chi connectivity index (χ2v) is 5.53. The van der Waals surface area contributed by atoms with E-state index in [2.05, 4.69) is 24.0 Å². The molecule has 1 aromatic carbocycles. The zero-order chi connectivity index (χ0) is 13.7. The van der Waals surface area contributed by atoms with Gasteiger partial charge in [0.15, 0.2) is 0 Å². The predicted octanol–water partition coefficient (Wildman–Crippen LogP) is 3.47. The number of carboxylic acids is 1. The fourth-order valence-electron chi connectivity index (χ4n) is 1.92. The third kappa shape index (κ3) is 3.91. The van der Waals surface area contributed by atoms with Gasteiger partial charge in [-0.2, -0.15) is 0 Å². The summed E-state index contributed by atoms with van der Waals surface area (Å²) in [5.41, 5.74) is 1.28. The molecule has 2 aromatic rings. The molecule has 0 saturated heterocycles. The molecule has 1 heterocycles. The van der Waals surface area contributed by atoms with Crippen LogP contribution in [0.1, 0.15) is 27.0 Å². The largest absolute Gasteiger partial charge is 0.477 e. The highest BCUT2D eigenvalue weighted by atomic mass is 32.1. The molecular formula is C15H17NO2S. The van der Waals surface area contributed by atoms with Gasteiger partial charge in [-0.15, -0.1) is 11.3 Å². The average molecular weight is 275 g/mol. The third-order valence-corrected chi connectivity index (χ3v) is 4.01. The van der Waals surface area contributed by atoms with Crippen LogP contribution >= 0.6 is 11.3 Å². The Balaban J connectivity index is 2.00. The number of carbonyl (C=O) groups is 1. The molecule has 0 saturated carbocycles. The van der Waals surface area contributed by atoms with Crippen LogP contribution in [0.25, 0.3) is 0 Å². The van der Waals surface area contributed by atoms with Crippen molar-refractivity contribution in [1.82, 2.24) is 4.90 Å². The highest BCUT2D eigenvalue weighted by molar-refractivity contribution is 7.13. The molecule has 3 nitrogen and oxygen atoms in total. The van der Waals surface area contributed by atoms with Gasteiger partial charge < -0.3 is 5.11 Å². The number of hydrogen-bond donors (Lipinski definition) is 1. The minimum atomic E-state index is -0.845. The zero-order valence-electron chi connectivity index (χ0n) is 10.9. The molecule has 0 aliphatic rings. The van der Waals surface area contributed by atoms with Crippen molar-refractivity contribution < 1.29 is 9.90 Å². The SMILES string of the molecule is CCN(Cc1ccccc1)Cc1ccc(C(=O)O)s1. The van der Waals surface area contributed by atoms with Crippen molar-refractivity contribution in [2.75, 3.05) is 6.54 Å². The molecule has 0 spiro atoms. The Morgan fingerprint density at radius 1 is 1.16 bits per heavy atom. The Morgan fingerprint density at radius 3 is 2.47 bits per heavy atom. The number of nitrogens with zero attached hydrogens (tertiary/aromatic N) is 1. The summed E-state index contributed by atoms with van der Waals surface area (Å²) in [6, 6.07) is 13.9. The molecule has 2 rings (SSSR count). The Bertz CT molecular complexity index is 536. The van der Waals surface area contributed by atoms with Crippen molar-refractivity contribution in [3.05, 3.63) is 57.8 Å². The van der Waals surface area contributed by atoms with Crippen LogP contribution in [-0.2, 0) is 13.1 Å². The van der Waals surface area contributed by atoms with Crippen molar-refractivity contribution in [3.63, 3.8) is 0 Å². The van der Waals surface area contributed by atoms with E-state index < -0.39 is 5.97 Å². The first kappa shape index (κ1) is 13.8. The molecule has 4 heteroatoms. The smallest absolute Gasteiger partial charge is 0.345 e. The standard InChI is InChI=1S/C15H17NO2S/c1-2-16(10-12-6-4-3-5-7-12)11-13-8-9-14(19-13)15(17)18/h3-9H,2,10-11H2,1H3,(H,17,18). The Kier molecular flexibility index (Phi) is 4.71. The maximum Gasteiger partial charge on any atom is 0.345 e. The second-order valence-electron chi connectivity index (χ2n) is 4.36. The molecular weight excluding hydrogens is 258 g/mol. The van der Waals surface area contributed by atoms with E-state index in [1.807, 2.05) is 24.3 Å². The molecule has 100 valence electrons. The monoisotopic (exact) mass is 275 g/mol. The fraction of sp³-hybridized carbons (Fsp3) is 0.267. The number of hydrogen-bond acceptors (Lipinski definition) is 3. The van der Waals surface area contributed by atoms with Gasteiger partial charge in [-0.1, -0.05) is 37.3 Å². The Hall–Kier alpha value is -1.65. The van der Waals surface area contributed by atoms with Crippen LogP contribution in [0.5, 0.6) is 0 Å². The lowest BCUT2D eigenvalue weighted by Gasteiger charge is -2.19. The Morgan fingerprint density at radius 2 is 1.89 bits per heavy atom. The fourth-order valence-corrected chi connectivity index (χ4v) is 2.81. The van der Waals surface area contributed by atoms with E-state index in [-0.39, 0.29) is 0 Å². The molecule has 0 radical (unpaired) electrons. The second kappa shape index (κ2) is 6.50. The third-order valence-electron chi connectivity index (χ3n) is 2.95. The van der Waals surface area contributed by atoms with E-state index in [1.165, 1.54) is 16.9 Å². The van der Waals surface area contributed by atoms with Crippen LogP contribution < -0.4 is 0 Å². The average Bonchev–Trinajstić information content (AvgIpc) is 2.88. The van der Waals surface area contributed by atoms with Crippen LogP contribution in [0.4, 0.5) is 0 Å². The maximum absolute atomic E-state index is 10.9. The Labute approximate surface area is 117 Å². The highest BCUT2D eigenvalue weighted by Crippen LogP contribution is 2.19. The van der Waals surface area contributed by atoms with E-state index >= 15 is 0 Å². The molecule has 0 aliphatic carbocycles. The summed E-state index contributed by atoms with van der Waals surface area (Å²) in [4.78, 5) is 14.7. The number of thiophene rings is 1. The lowest BCUT2D eigenvalue weighted by atomic mass is 10.2. The summed E-state index contributed by atoms with van der Waals surface area (Å²) in [6.07, 6.45) is 0. The quantitative estimate of drug-likeness (QED) is 0.877. The molecule has 0 atom stereocenters. The molecule has 0 amide bonds.